The van der Waals surface area contributed by atoms with Gasteiger partial charge in [0.25, 0.3) is 5.91 Å². The Labute approximate surface area is 160 Å². The molecule has 6 nitrogen and oxygen atoms in total. The van der Waals surface area contributed by atoms with Gasteiger partial charge in [0.05, 0.1) is 17.7 Å². The molecule has 0 spiro atoms. The lowest BCUT2D eigenvalue weighted by molar-refractivity contribution is -0.136. The van der Waals surface area contributed by atoms with Gasteiger partial charge in [0.15, 0.2) is 0 Å². The Kier molecular flexibility index (Phi) is 6.15. The summed E-state index contributed by atoms with van der Waals surface area (Å²) in [5, 5.41) is 15.5. The molecular weight excluding hydrogens is 338 g/mol. The van der Waals surface area contributed by atoms with Crippen LogP contribution in [0.2, 0.25) is 0 Å². The predicted octanol–water partition coefficient (Wildman–Crippen LogP) is 2.88. The molecule has 3 atom stereocenters. The first kappa shape index (κ1) is 19.4. The second-order valence-corrected chi connectivity index (χ2v) is 7.18. The largest absolute Gasteiger partial charge is 0.361 e. The summed E-state index contributed by atoms with van der Waals surface area (Å²) in [6.07, 6.45) is 3.96. The van der Waals surface area contributed by atoms with Crippen LogP contribution >= 0.6 is 0 Å². The third kappa shape index (κ3) is 4.15. The van der Waals surface area contributed by atoms with E-state index in [2.05, 4.69) is 28.0 Å². The summed E-state index contributed by atoms with van der Waals surface area (Å²) < 4.78 is 0. The number of fused-ring (bicyclic) bond motifs is 1. The number of nitrogens with one attached hydrogen (secondary N) is 3. The van der Waals surface area contributed by atoms with Crippen LogP contribution in [0.15, 0.2) is 24.4 Å². The number of hydrogen-bond acceptors (Lipinski definition) is 4. The van der Waals surface area contributed by atoms with E-state index in [1.807, 2.05) is 39.0 Å². The monoisotopic (exact) mass is 367 g/mol. The first-order valence-corrected chi connectivity index (χ1v) is 9.92. The molecule has 27 heavy (non-hydrogen) atoms. The van der Waals surface area contributed by atoms with Crippen molar-refractivity contribution in [3.05, 3.63) is 35.5 Å². The lowest BCUT2D eigenvalue weighted by Crippen LogP contribution is -2.52. The van der Waals surface area contributed by atoms with Crippen molar-refractivity contribution in [3.63, 3.8) is 0 Å². The molecule has 1 amide bonds. The summed E-state index contributed by atoms with van der Waals surface area (Å²) >= 11 is 0. The van der Waals surface area contributed by atoms with Crippen molar-refractivity contribution >= 4 is 16.8 Å². The SMILES string of the molecule is CCNN(CC)C(=O)C(CC)NCC1CC1c1c[nH]c2ccc(C#N)cc12. The molecule has 6 heteroatoms. The van der Waals surface area contributed by atoms with Gasteiger partial charge < -0.3 is 10.3 Å². The number of hydrazine groups is 1. The van der Waals surface area contributed by atoms with Crippen LogP contribution in [-0.4, -0.2) is 41.6 Å². The molecule has 1 aliphatic rings. The van der Waals surface area contributed by atoms with Crippen molar-refractivity contribution in [1.29, 1.82) is 5.26 Å². The van der Waals surface area contributed by atoms with E-state index >= 15 is 0 Å². The summed E-state index contributed by atoms with van der Waals surface area (Å²) in [7, 11) is 0. The molecule has 1 fully saturated rings. The molecule has 3 unspecified atom stereocenters. The molecule has 3 rings (SSSR count). The fourth-order valence-electron chi connectivity index (χ4n) is 3.80. The molecule has 0 saturated heterocycles. The number of nitriles is 1. The number of H-pyrrole nitrogens is 1. The molecule has 3 N–H and O–H groups in total. The summed E-state index contributed by atoms with van der Waals surface area (Å²) in [5.41, 5.74) is 6.18. The zero-order valence-electron chi connectivity index (χ0n) is 16.4. The van der Waals surface area contributed by atoms with E-state index in [4.69, 9.17) is 5.26 Å². The standard InChI is InChI=1S/C21H29N5O/c1-4-19(21(27)26(6-3)25-5-2)23-12-15-10-16(15)18-13-24-20-8-7-14(11-22)9-17(18)20/h7-9,13,15-16,19,23-25H,4-6,10,12H2,1-3H3. The van der Waals surface area contributed by atoms with Crippen molar-refractivity contribution in [3.8, 4) is 6.07 Å². The minimum atomic E-state index is -0.154. The van der Waals surface area contributed by atoms with E-state index in [-0.39, 0.29) is 11.9 Å². The molecule has 144 valence electrons. The Bertz CT molecular complexity index is 837. The molecule has 0 bridgehead atoms. The molecule has 0 aliphatic heterocycles. The minimum absolute atomic E-state index is 0.116. The minimum Gasteiger partial charge on any atom is -0.361 e. The highest BCUT2D eigenvalue weighted by molar-refractivity contribution is 5.85. The van der Waals surface area contributed by atoms with Crippen LogP contribution in [0, 0.1) is 17.2 Å². The number of hydrogen-bond donors (Lipinski definition) is 3. The quantitative estimate of drug-likeness (QED) is 0.595. The van der Waals surface area contributed by atoms with Gasteiger partial charge >= 0.3 is 0 Å². The molecule has 1 aromatic heterocycles. The van der Waals surface area contributed by atoms with Crippen molar-refractivity contribution in [2.24, 2.45) is 5.92 Å². The fourth-order valence-corrected chi connectivity index (χ4v) is 3.80. The Morgan fingerprint density at radius 1 is 1.41 bits per heavy atom. The maximum Gasteiger partial charge on any atom is 0.253 e. The van der Waals surface area contributed by atoms with Gasteiger partial charge in [-0.25, -0.2) is 5.43 Å². The Morgan fingerprint density at radius 3 is 2.89 bits per heavy atom. The average Bonchev–Trinajstić information content (AvgIpc) is 3.34. The van der Waals surface area contributed by atoms with Crippen LogP contribution in [0.3, 0.4) is 0 Å². The number of carbonyl (C=O) groups excluding carboxylic acids is 1. The highest BCUT2D eigenvalue weighted by Crippen LogP contribution is 2.49. The third-order valence-corrected chi connectivity index (χ3v) is 5.43. The lowest BCUT2D eigenvalue weighted by Gasteiger charge is -2.26. The number of carbonyl (C=O) groups is 1. The number of nitrogens with zero attached hydrogens (tertiary/aromatic N) is 2. The van der Waals surface area contributed by atoms with Crippen molar-refractivity contribution in [2.45, 2.75) is 45.6 Å². The third-order valence-electron chi connectivity index (χ3n) is 5.43. The fraction of sp³-hybridized carbons (Fsp3) is 0.524. The van der Waals surface area contributed by atoms with Gasteiger partial charge in [-0.15, -0.1) is 0 Å². The van der Waals surface area contributed by atoms with E-state index in [9.17, 15) is 4.79 Å². The number of benzene rings is 1. The van der Waals surface area contributed by atoms with Gasteiger partial charge in [0.2, 0.25) is 0 Å². The van der Waals surface area contributed by atoms with Crippen LogP contribution in [0.1, 0.15) is 50.7 Å². The average molecular weight is 367 g/mol. The maximum absolute atomic E-state index is 12.6. The van der Waals surface area contributed by atoms with Gasteiger partial charge in [-0.3, -0.25) is 9.80 Å². The van der Waals surface area contributed by atoms with Gasteiger partial charge in [-0.2, -0.15) is 5.26 Å². The Balaban J connectivity index is 1.61. The first-order valence-electron chi connectivity index (χ1n) is 9.92. The van der Waals surface area contributed by atoms with Crippen molar-refractivity contribution < 1.29 is 4.79 Å². The number of amides is 1. The number of rotatable bonds is 9. The normalized spacial score (nSPS) is 19.6. The molecule has 2 aromatic rings. The smallest absolute Gasteiger partial charge is 0.253 e. The second kappa shape index (κ2) is 8.55. The van der Waals surface area contributed by atoms with E-state index in [0.29, 0.717) is 23.9 Å². The molecule has 1 saturated carbocycles. The molecule has 1 heterocycles. The highest BCUT2D eigenvalue weighted by atomic mass is 16.2. The van der Waals surface area contributed by atoms with E-state index < -0.39 is 0 Å². The second-order valence-electron chi connectivity index (χ2n) is 7.18. The van der Waals surface area contributed by atoms with E-state index in [1.165, 1.54) is 5.56 Å². The molecule has 1 aromatic carbocycles. The lowest BCUT2D eigenvalue weighted by atomic mass is 10.1. The first-order chi connectivity index (χ1) is 13.1. The van der Waals surface area contributed by atoms with Crippen LogP contribution in [0.5, 0.6) is 0 Å². The summed E-state index contributed by atoms with van der Waals surface area (Å²) in [4.78, 5) is 16.0. The summed E-state index contributed by atoms with van der Waals surface area (Å²) in [6.45, 7) is 8.26. The van der Waals surface area contributed by atoms with Gasteiger partial charge in [-0.1, -0.05) is 13.8 Å². The van der Waals surface area contributed by atoms with Gasteiger partial charge in [0, 0.05) is 30.2 Å². The maximum atomic E-state index is 12.6. The Morgan fingerprint density at radius 2 is 2.22 bits per heavy atom. The number of likely N-dealkylation sites (N-methyl/N-ethyl adjacent to an activating group) is 1. The molecular formula is C21H29N5O. The van der Waals surface area contributed by atoms with Crippen LogP contribution in [-0.2, 0) is 4.79 Å². The predicted molar refractivity (Wildman–Crippen MR) is 107 cm³/mol. The van der Waals surface area contributed by atoms with Gasteiger partial charge in [0.1, 0.15) is 0 Å². The van der Waals surface area contributed by atoms with E-state index in [0.717, 1.165) is 36.8 Å². The van der Waals surface area contributed by atoms with Crippen LogP contribution in [0.25, 0.3) is 10.9 Å². The summed E-state index contributed by atoms with van der Waals surface area (Å²) in [5.74, 6) is 1.14. The van der Waals surface area contributed by atoms with Crippen LogP contribution < -0.4 is 10.7 Å². The molecule has 1 aliphatic carbocycles. The highest BCUT2D eigenvalue weighted by Gasteiger charge is 2.40. The number of aromatic amines is 1. The van der Waals surface area contributed by atoms with Crippen molar-refractivity contribution in [2.75, 3.05) is 19.6 Å². The Hall–Kier alpha value is -2.36. The molecule has 0 radical (unpaired) electrons. The number of aromatic nitrogens is 1. The van der Waals surface area contributed by atoms with Gasteiger partial charge in [-0.05, 0) is 61.9 Å². The summed E-state index contributed by atoms with van der Waals surface area (Å²) in [6, 6.07) is 7.85. The topological polar surface area (TPSA) is 84.0 Å². The van der Waals surface area contributed by atoms with E-state index in [1.54, 1.807) is 5.01 Å². The zero-order valence-corrected chi connectivity index (χ0v) is 16.4. The van der Waals surface area contributed by atoms with Crippen LogP contribution in [0.4, 0.5) is 0 Å². The van der Waals surface area contributed by atoms with Crippen molar-refractivity contribution in [1.82, 2.24) is 20.7 Å². The zero-order chi connectivity index (χ0) is 19.4.